The lowest BCUT2D eigenvalue weighted by Gasteiger charge is -2.12. The topological polar surface area (TPSA) is 75.7 Å². The summed E-state index contributed by atoms with van der Waals surface area (Å²) in [6, 6.07) is 6.25. The van der Waals surface area contributed by atoms with Crippen LogP contribution in [0.4, 0.5) is 13.2 Å². The van der Waals surface area contributed by atoms with Gasteiger partial charge in [0.25, 0.3) is 0 Å². The highest BCUT2D eigenvalue weighted by molar-refractivity contribution is 5.92. The smallest absolute Gasteiger partial charge is 0.419 e. The molecule has 0 aliphatic rings. The summed E-state index contributed by atoms with van der Waals surface area (Å²) in [4.78, 5) is 12.0. The van der Waals surface area contributed by atoms with Gasteiger partial charge in [0.05, 0.1) is 17.7 Å². The summed E-state index contributed by atoms with van der Waals surface area (Å²) in [6.07, 6.45) is -2.51. The molecule has 0 aliphatic carbocycles. The van der Waals surface area contributed by atoms with Crippen LogP contribution >= 0.6 is 0 Å². The van der Waals surface area contributed by atoms with E-state index in [0.29, 0.717) is 5.69 Å². The number of esters is 1. The predicted molar refractivity (Wildman–Crippen MR) is 90.3 cm³/mol. The SMILES string of the molecule is CCOC(=O)c1ccc(-n2cc(C#CN)c(C(F)(F)F)c2)cc1OCOC. The normalized spacial score (nSPS) is 10.9. The second-order valence-electron chi connectivity index (χ2n) is 5.21. The Morgan fingerprint density at radius 1 is 1.30 bits per heavy atom. The molecule has 0 unspecified atom stereocenters. The van der Waals surface area contributed by atoms with Gasteiger partial charge >= 0.3 is 12.1 Å². The Kier molecular flexibility index (Phi) is 6.36. The fourth-order valence-electron chi connectivity index (χ4n) is 2.30. The molecule has 27 heavy (non-hydrogen) atoms. The fourth-order valence-corrected chi connectivity index (χ4v) is 2.30. The maximum absolute atomic E-state index is 13.2. The Bertz CT molecular complexity index is 879. The van der Waals surface area contributed by atoms with Gasteiger partial charge in [-0.1, -0.05) is 0 Å². The number of alkyl halides is 3. The minimum atomic E-state index is -4.59. The number of nitrogens with zero attached hydrogens (tertiary/aromatic N) is 1. The van der Waals surface area contributed by atoms with Crippen molar-refractivity contribution in [3.8, 4) is 23.4 Å². The second kappa shape index (κ2) is 8.51. The highest BCUT2D eigenvalue weighted by Crippen LogP contribution is 2.34. The van der Waals surface area contributed by atoms with E-state index < -0.39 is 17.7 Å². The number of ether oxygens (including phenoxy) is 3. The lowest BCUT2D eigenvalue weighted by molar-refractivity contribution is -0.137. The van der Waals surface area contributed by atoms with Gasteiger partial charge in [0.2, 0.25) is 0 Å². The number of nitrogens with two attached hydrogens (primary N) is 1. The van der Waals surface area contributed by atoms with Crippen LogP contribution in [-0.2, 0) is 15.7 Å². The van der Waals surface area contributed by atoms with E-state index >= 15 is 0 Å². The summed E-state index contributed by atoms with van der Waals surface area (Å²) in [5, 5.41) is 0. The summed E-state index contributed by atoms with van der Waals surface area (Å²) in [7, 11) is 1.40. The number of hydrogen-bond acceptors (Lipinski definition) is 5. The molecule has 1 aromatic heterocycles. The monoisotopic (exact) mass is 382 g/mol. The Hall–Kier alpha value is -3.12. The van der Waals surface area contributed by atoms with E-state index in [1.165, 1.54) is 36.1 Å². The standard InChI is InChI=1S/C18H17F3N2O4/c1-3-26-17(24)14-5-4-13(8-16(14)27-11-25-2)23-9-12(6-7-22)15(10-23)18(19,20)21/h4-5,8-10H,3,11,22H2,1-2H3. The molecular formula is C18H17F3N2O4. The van der Waals surface area contributed by atoms with E-state index in [2.05, 4.69) is 5.92 Å². The summed E-state index contributed by atoms with van der Waals surface area (Å²) < 4.78 is 55.9. The molecule has 2 aromatic rings. The minimum Gasteiger partial charge on any atom is -0.467 e. The van der Waals surface area contributed by atoms with E-state index in [1.54, 1.807) is 6.92 Å². The van der Waals surface area contributed by atoms with Gasteiger partial charge in [0.1, 0.15) is 11.3 Å². The molecule has 2 rings (SSSR count). The molecule has 1 aromatic carbocycles. The summed E-state index contributed by atoms with van der Waals surface area (Å²) in [5.41, 5.74) is 4.32. The van der Waals surface area contributed by atoms with Gasteiger partial charge in [-0.25, -0.2) is 4.79 Å². The first kappa shape index (κ1) is 20.2. The lowest BCUT2D eigenvalue weighted by atomic mass is 10.2. The summed E-state index contributed by atoms with van der Waals surface area (Å²) in [5.74, 6) is 1.72. The number of hydrogen-bond donors (Lipinski definition) is 1. The largest absolute Gasteiger partial charge is 0.467 e. The molecule has 0 amide bonds. The average molecular weight is 382 g/mol. The second-order valence-corrected chi connectivity index (χ2v) is 5.21. The van der Waals surface area contributed by atoms with Crippen LogP contribution in [-0.4, -0.2) is 31.0 Å². The van der Waals surface area contributed by atoms with E-state index in [-0.39, 0.29) is 30.3 Å². The van der Waals surface area contributed by atoms with Gasteiger partial charge in [-0.15, -0.1) is 0 Å². The number of carbonyl (C=O) groups is 1. The molecule has 0 bridgehead atoms. The van der Waals surface area contributed by atoms with Crippen LogP contribution in [0, 0.1) is 12.0 Å². The van der Waals surface area contributed by atoms with Crippen LogP contribution in [0.3, 0.4) is 0 Å². The molecule has 2 N–H and O–H groups in total. The molecule has 6 nitrogen and oxygen atoms in total. The molecule has 0 saturated carbocycles. The molecule has 0 spiro atoms. The number of methoxy groups -OCH3 is 1. The first-order valence-corrected chi connectivity index (χ1v) is 7.75. The van der Waals surface area contributed by atoms with Crippen molar-refractivity contribution in [2.75, 3.05) is 20.5 Å². The van der Waals surface area contributed by atoms with Crippen LogP contribution in [0.15, 0.2) is 30.6 Å². The third-order valence-corrected chi connectivity index (χ3v) is 3.43. The molecule has 0 saturated heterocycles. The third kappa shape index (κ3) is 4.74. The summed E-state index contributed by atoms with van der Waals surface area (Å²) >= 11 is 0. The molecule has 0 radical (unpaired) electrons. The van der Waals surface area contributed by atoms with Crippen LogP contribution in [0.25, 0.3) is 5.69 Å². The zero-order chi connectivity index (χ0) is 20.0. The van der Waals surface area contributed by atoms with Crippen LogP contribution in [0.2, 0.25) is 0 Å². The van der Waals surface area contributed by atoms with Crippen molar-refractivity contribution < 1.29 is 32.2 Å². The van der Waals surface area contributed by atoms with Crippen LogP contribution in [0.1, 0.15) is 28.4 Å². The maximum Gasteiger partial charge on any atom is 0.419 e. The third-order valence-electron chi connectivity index (χ3n) is 3.43. The zero-order valence-electron chi connectivity index (χ0n) is 14.6. The maximum atomic E-state index is 13.2. The molecule has 0 atom stereocenters. The van der Waals surface area contributed by atoms with Gasteiger partial charge in [-0.3, -0.25) is 0 Å². The van der Waals surface area contributed by atoms with Gasteiger partial charge in [0, 0.05) is 37.3 Å². The van der Waals surface area contributed by atoms with Crippen LogP contribution < -0.4 is 10.5 Å². The highest BCUT2D eigenvalue weighted by atomic mass is 19.4. The molecule has 0 aliphatic heterocycles. The Morgan fingerprint density at radius 2 is 2.04 bits per heavy atom. The zero-order valence-corrected chi connectivity index (χ0v) is 14.6. The van der Waals surface area contributed by atoms with E-state index in [9.17, 15) is 18.0 Å². The number of rotatable bonds is 6. The average Bonchev–Trinajstić information content (AvgIpc) is 3.04. The molecular weight excluding hydrogens is 365 g/mol. The molecule has 9 heteroatoms. The van der Waals surface area contributed by atoms with E-state index in [4.69, 9.17) is 19.9 Å². The van der Waals surface area contributed by atoms with Crippen molar-refractivity contribution in [3.05, 3.63) is 47.3 Å². The minimum absolute atomic E-state index is 0.113. The van der Waals surface area contributed by atoms with Crippen molar-refractivity contribution in [2.24, 2.45) is 5.73 Å². The van der Waals surface area contributed by atoms with Crippen molar-refractivity contribution in [3.63, 3.8) is 0 Å². The molecule has 0 fully saturated rings. The Balaban J connectivity index is 2.52. The van der Waals surface area contributed by atoms with Crippen molar-refractivity contribution in [1.82, 2.24) is 4.57 Å². The van der Waals surface area contributed by atoms with Crippen molar-refractivity contribution in [1.29, 1.82) is 0 Å². The quantitative estimate of drug-likeness (QED) is 0.360. The number of aromatic nitrogens is 1. The number of benzene rings is 1. The van der Waals surface area contributed by atoms with Gasteiger partial charge < -0.3 is 24.5 Å². The first-order valence-electron chi connectivity index (χ1n) is 7.75. The fraction of sp³-hybridized carbons (Fsp3) is 0.278. The molecule has 1 heterocycles. The Morgan fingerprint density at radius 3 is 2.63 bits per heavy atom. The van der Waals surface area contributed by atoms with Gasteiger partial charge in [0.15, 0.2) is 6.79 Å². The van der Waals surface area contributed by atoms with Gasteiger partial charge in [-0.05, 0) is 25.0 Å². The lowest BCUT2D eigenvalue weighted by Crippen LogP contribution is -2.10. The Labute approximate surface area is 153 Å². The first-order chi connectivity index (χ1) is 12.8. The van der Waals surface area contributed by atoms with Crippen molar-refractivity contribution >= 4 is 5.97 Å². The highest BCUT2D eigenvalue weighted by Gasteiger charge is 2.35. The van der Waals surface area contributed by atoms with E-state index in [1.807, 2.05) is 6.04 Å². The van der Waals surface area contributed by atoms with Crippen molar-refractivity contribution in [2.45, 2.75) is 13.1 Å². The summed E-state index contributed by atoms with van der Waals surface area (Å²) in [6.45, 7) is 1.66. The van der Waals surface area contributed by atoms with Crippen LogP contribution in [0.5, 0.6) is 5.75 Å². The number of carbonyl (C=O) groups excluding carboxylic acids is 1. The predicted octanol–water partition coefficient (Wildman–Crippen LogP) is 2.92. The number of halogens is 3. The van der Waals surface area contributed by atoms with E-state index in [0.717, 1.165) is 6.20 Å². The molecule has 144 valence electrons. The van der Waals surface area contributed by atoms with Gasteiger partial charge in [-0.2, -0.15) is 13.2 Å².